The van der Waals surface area contributed by atoms with E-state index >= 15 is 0 Å². The van der Waals surface area contributed by atoms with Crippen molar-refractivity contribution in [3.63, 3.8) is 0 Å². The Kier molecular flexibility index (Phi) is 4.15. The van der Waals surface area contributed by atoms with Crippen molar-refractivity contribution in [3.05, 3.63) is 56.7 Å². The first-order chi connectivity index (χ1) is 11.6. The molecule has 24 heavy (non-hydrogen) atoms. The minimum atomic E-state index is -0.581. The fourth-order valence-electron chi connectivity index (χ4n) is 2.10. The van der Waals surface area contributed by atoms with Crippen LogP contribution in [0.2, 0.25) is 0 Å². The van der Waals surface area contributed by atoms with Gasteiger partial charge in [0.2, 0.25) is 5.71 Å². The summed E-state index contributed by atoms with van der Waals surface area (Å²) in [5.41, 5.74) is 0.367. The molecule has 0 radical (unpaired) electrons. The van der Waals surface area contributed by atoms with Gasteiger partial charge < -0.3 is 9.25 Å². The van der Waals surface area contributed by atoms with E-state index < -0.39 is 11.2 Å². The third-order valence-electron chi connectivity index (χ3n) is 3.26. The maximum absolute atomic E-state index is 12.2. The predicted octanol–water partition coefficient (Wildman–Crippen LogP) is 1.03. The molecule has 3 aromatic rings. The molecule has 0 aliphatic rings. The number of hydrogen-bond donors (Lipinski definition) is 1. The molecule has 0 saturated carbocycles. The lowest BCUT2D eigenvalue weighted by Crippen LogP contribution is -2.14. The van der Waals surface area contributed by atoms with Gasteiger partial charge in [-0.1, -0.05) is 12.1 Å². The van der Waals surface area contributed by atoms with Crippen LogP contribution in [0.4, 0.5) is 0 Å². The zero-order chi connectivity index (χ0) is 17.1. The van der Waals surface area contributed by atoms with Crippen molar-refractivity contribution in [1.29, 1.82) is 0 Å². The molecule has 9 nitrogen and oxygen atoms in total. The largest absolute Gasteiger partial charge is 0.403 e. The molecular weight excluding hydrogens is 314 g/mol. The third-order valence-corrected chi connectivity index (χ3v) is 3.26. The highest BCUT2D eigenvalue weighted by atomic mass is 16.6. The predicted molar refractivity (Wildman–Crippen MR) is 85.1 cm³/mol. The van der Waals surface area contributed by atoms with Gasteiger partial charge in [0.05, 0.1) is 6.20 Å². The number of fused-ring (bicyclic) bond motifs is 1. The van der Waals surface area contributed by atoms with E-state index in [9.17, 15) is 9.59 Å². The number of nitrogens with zero attached hydrogens (tertiary/aromatic N) is 4. The van der Waals surface area contributed by atoms with E-state index in [4.69, 9.17) is 9.25 Å². The van der Waals surface area contributed by atoms with E-state index in [0.29, 0.717) is 23.4 Å². The van der Waals surface area contributed by atoms with Crippen molar-refractivity contribution in [3.8, 4) is 6.01 Å². The van der Waals surface area contributed by atoms with E-state index in [0.717, 1.165) is 0 Å². The third kappa shape index (κ3) is 3.05. The molecule has 0 aliphatic carbocycles. The number of aryl methyl sites for hydroxylation is 1. The second-order valence-corrected chi connectivity index (χ2v) is 4.85. The lowest BCUT2D eigenvalue weighted by molar-refractivity contribution is 0.311. The molecule has 9 heteroatoms. The molecule has 0 fully saturated rings. The van der Waals surface area contributed by atoms with Crippen LogP contribution < -0.4 is 16.0 Å². The van der Waals surface area contributed by atoms with Crippen LogP contribution in [-0.4, -0.2) is 25.6 Å². The average Bonchev–Trinajstić information content (AvgIpc) is 2.59. The second-order valence-electron chi connectivity index (χ2n) is 4.85. The summed E-state index contributed by atoms with van der Waals surface area (Å²) in [6, 6.07) is 1.09. The molecule has 0 aromatic carbocycles. The highest BCUT2D eigenvalue weighted by Gasteiger charge is 2.12. The minimum Gasteiger partial charge on any atom is -0.403 e. The van der Waals surface area contributed by atoms with Crippen molar-refractivity contribution in [2.45, 2.75) is 20.3 Å². The summed E-state index contributed by atoms with van der Waals surface area (Å²) in [6.45, 7) is 3.49. The van der Waals surface area contributed by atoms with Crippen LogP contribution in [0.25, 0.3) is 11.1 Å². The SMILES string of the molecule is CCc1cc(=O)oc2nc(O/N=C(\C)c3cnccn3)[nH]c(=O)c12. The Bertz CT molecular complexity index is 1020. The number of hydrogen-bond acceptors (Lipinski definition) is 8. The fraction of sp³-hybridized carbons (Fsp3) is 0.200. The van der Waals surface area contributed by atoms with Crippen molar-refractivity contribution >= 4 is 16.8 Å². The van der Waals surface area contributed by atoms with Gasteiger partial charge in [0.1, 0.15) is 16.8 Å². The van der Waals surface area contributed by atoms with Gasteiger partial charge in [-0.15, -0.1) is 0 Å². The molecule has 3 heterocycles. The Morgan fingerprint density at radius 1 is 1.38 bits per heavy atom. The van der Waals surface area contributed by atoms with Gasteiger partial charge in [-0.2, -0.15) is 4.98 Å². The molecule has 0 aliphatic heterocycles. The van der Waals surface area contributed by atoms with E-state index in [-0.39, 0.29) is 17.1 Å². The summed E-state index contributed by atoms with van der Waals surface area (Å²) >= 11 is 0. The molecule has 122 valence electrons. The smallest absolute Gasteiger partial charge is 0.337 e. The number of H-pyrrole nitrogens is 1. The number of rotatable bonds is 4. The second kappa shape index (κ2) is 6.41. The lowest BCUT2D eigenvalue weighted by atomic mass is 10.1. The zero-order valence-corrected chi connectivity index (χ0v) is 12.9. The molecule has 0 saturated heterocycles. The summed E-state index contributed by atoms with van der Waals surface area (Å²) in [4.78, 5) is 43.3. The van der Waals surface area contributed by atoms with Crippen molar-refractivity contribution in [1.82, 2.24) is 19.9 Å². The summed E-state index contributed by atoms with van der Waals surface area (Å²) in [5.74, 6) is 0. The minimum absolute atomic E-state index is 0.0922. The number of aromatic nitrogens is 4. The van der Waals surface area contributed by atoms with Crippen molar-refractivity contribution < 1.29 is 9.25 Å². The average molecular weight is 327 g/mol. The van der Waals surface area contributed by atoms with Crippen LogP contribution in [-0.2, 0) is 6.42 Å². The first-order valence-corrected chi connectivity index (χ1v) is 7.13. The monoisotopic (exact) mass is 327 g/mol. The molecule has 0 spiro atoms. The van der Waals surface area contributed by atoms with Gasteiger partial charge in [-0.05, 0) is 18.9 Å². The van der Waals surface area contributed by atoms with Crippen LogP contribution in [0.5, 0.6) is 6.01 Å². The van der Waals surface area contributed by atoms with Gasteiger partial charge in [-0.3, -0.25) is 19.7 Å². The van der Waals surface area contributed by atoms with Gasteiger partial charge in [-0.25, -0.2) is 4.79 Å². The molecule has 0 amide bonds. The van der Waals surface area contributed by atoms with Crippen LogP contribution in [0.1, 0.15) is 25.1 Å². The highest BCUT2D eigenvalue weighted by Crippen LogP contribution is 2.13. The Morgan fingerprint density at radius 2 is 2.21 bits per heavy atom. The van der Waals surface area contributed by atoms with E-state index in [1.54, 1.807) is 6.92 Å². The first kappa shape index (κ1) is 15.5. The maximum Gasteiger partial charge on any atom is 0.337 e. The zero-order valence-electron chi connectivity index (χ0n) is 12.9. The van der Waals surface area contributed by atoms with Gasteiger partial charge in [0.25, 0.3) is 5.56 Å². The normalized spacial score (nSPS) is 11.7. The molecule has 3 aromatic heterocycles. The Morgan fingerprint density at radius 3 is 2.92 bits per heavy atom. The van der Waals surface area contributed by atoms with Crippen LogP contribution in [0.3, 0.4) is 0 Å². The van der Waals surface area contributed by atoms with E-state index in [1.807, 2.05) is 6.92 Å². The Labute approximate surface area is 135 Å². The Balaban J connectivity index is 2.00. The lowest BCUT2D eigenvalue weighted by Gasteiger charge is -2.03. The van der Waals surface area contributed by atoms with E-state index in [1.165, 1.54) is 24.7 Å². The number of aromatic amines is 1. The Hall–Kier alpha value is -3.36. The maximum atomic E-state index is 12.2. The van der Waals surface area contributed by atoms with Gasteiger partial charge in [0, 0.05) is 18.5 Å². The fourth-order valence-corrected chi connectivity index (χ4v) is 2.10. The molecule has 3 rings (SSSR count). The standard InChI is InChI=1S/C15H13N5O4/c1-3-9-6-11(21)23-14-12(9)13(22)18-15(19-14)24-20-8(2)10-7-16-4-5-17-10/h4-7H,3H2,1-2H3,(H,18,19,22)/b20-8+. The van der Waals surface area contributed by atoms with Crippen LogP contribution >= 0.6 is 0 Å². The summed E-state index contributed by atoms with van der Waals surface area (Å²) in [7, 11) is 0. The summed E-state index contributed by atoms with van der Waals surface area (Å²) < 4.78 is 4.98. The molecule has 1 N–H and O–H groups in total. The van der Waals surface area contributed by atoms with Crippen LogP contribution in [0, 0.1) is 0 Å². The molecule has 0 bridgehead atoms. The van der Waals surface area contributed by atoms with Crippen molar-refractivity contribution in [2.24, 2.45) is 5.16 Å². The number of oxime groups is 1. The quantitative estimate of drug-likeness (QED) is 0.560. The molecular formula is C15H13N5O4. The topological polar surface area (TPSA) is 123 Å². The first-order valence-electron chi connectivity index (χ1n) is 7.13. The number of nitrogens with one attached hydrogen (secondary N) is 1. The molecule has 0 atom stereocenters. The van der Waals surface area contributed by atoms with Gasteiger partial charge >= 0.3 is 11.6 Å². The van der Waals surface area contributed by atoms with Gasteiger partial charge in [0.15, 0.2) is 0 Å². The summed E-state index contributed by atoms with van der Waals surface area (Å²) in [6.07, 6.45) is 5.07. The summed E-state index contributed by atoms with van der Waals surface area (Å²) in [5, 5.41) is 4.06. The van der Waals surface area contributed by atoms with E-state index in [2.05, 4.69) is 25.1 Å². The highest BCUT2D eigenvalue weighted by molar-refractivity contribution is 5.96. The molecule has 0 unspecified atom stereocenters. The van der Waals surface area contributed by atoms with Crippen molar-refractivity contribution in [2.75, 3.05) is 0 Å². The van der Waals surface area contributed by atoms with Crippen LogP contribution in [0.15, 0.2) is 43.8 Å².